The van der Waals surface area contributed by atoms with Gasteiger partial charge >= 0.3 is 0 Å². The van der Waals surface area contributed by atoms with E-state index in [2.05, 4.69) is 241 Å². The van der Waals surface area contributed by atoms with E-state index in [4.69, 9.17) is 0 Å². The fraction of sp³-hybridized carbons (Fsp3) is 0.0303. The molecule has 0 amide bonds. The maximum atomic E-state index is 4.13. The average molecular weight is 885 g/mol. The van der Waals surface area contributed by atoms with Crippen LogP contribution in [0.15, 0.2) is 231 Å². The zero-order valence-corrected chi connectivity index (χ0v) is 38.2. The number of hydrogen-bond acceptors (Lipinski definition) is 2. The van der Waals surface area contributed by atoms with Crippen molar-refractivity contribution in [2.24, 2.45) is 0 Å². The molecule has 322 valence electrons. The van der Waals surface area contributed by atoms with Crippen molar-refractivity contribution in [3.63, 3.8) is 0 Å². The Morgan fingerprint density at radius 1 is 0.271 bits per heavy atom. The lowest BCUT2D eigenvalue weighted by atomic mass is 9.29. The fourth-order valence-corrected chi connectivity index (χ4v) is 13.7. The van der Waals surface area contributed by atoms with Gasteiger partial charge < -0.3 is 10.6 Å². The summed E-state index contributed by atoms with van der Waals surface area (Å²) < 4.78 is 0. The summed E-state index contributed by atoms with van der Waals surface area (Å²) in [5.41, 5.74) is 26.4. The lowest BCUT2D eigenvalue weighted by molar-refractivity contribution is 0.948. The van der Waals surface area contributed by atoms with E-state index in [9.17, 15) is 0 Å². The zero-order valence-electron chi connectivity index (χ0n) is 38.2. The third-order valence-corrected chi connectivity index (χ3v) is 16.5. The van der Waals surface area contributed by atoms with E-state index in [1.807, 2.05) is 0 Å². The summed E-state index contributed by atoms with van der Waals surface area (Å²) in [6, 6.07) is 86.6. The van der Waals surface area contributed by atoms with Gasteiger partial charge in [0.25, 0.3) is 0 Å². The average Bonchev–Trinajstić information content (AvgIpc) is 3.43. The van der Waals surface area contributed by atoms with Gasteiger partial charge in [-0.25, -0.2) is 0 Å². The van der Waals surface area contributed by atoms with Crippen molar-refractivity contribution in [3.8, 4) is 44.5 Å². The molecule has 2 unspecified atom stereocenters. The Morgan fingerprint density at radius 3 is 1.13 bits per heavy atom. The number of para-hydroxylation sites is 2. The van der Waals surface area contributed by atoms with Gasteiger partial charge in [-0.05, 0) is 100 Å². The van der Waals surface area contributed by atoms with Gasteiger partial charge in [0, 0.05) is 22.5 Å². The monoisotopic (exact) mass is 884 g/mol. The Balaban J connectivity index is 0.901. The third kappa shape index (κ3) is 5.20. The number of fused-ring (bicyclic) bond motifs is 8. The molecule has 0 radical (unpaired) electrons. The van der Waals surface area contributed by atoms with Gasteiger partial charge in [-0.3, -0.25) is 0 Å². The molecular weight excluding hydrogens is 842 g/mol. The van der Waals surface area contributed by atoms with Gasteiger partial charge in [0.05, 0.1) is 12.1 Å². The molecule has 4 heteroatoms. The van der Waals surface area contributed by atoms with Crippen molar-refractivity contribution in [1.29, 1.82) is 0 Å². The molecule has 0 aliphatic carbocycles. The molecule has 12 aromatic rings. The Bertz CT molecular complexity index is 3890. The number of hydrogen-bond donors (Lipinski definition) is 2. The minimum Gasteiger partial charge on any atom is -0.374 e. The second kappa shape index (κ2) is 14.5. The van der Waals surface area contributed by atoms with Crippen molar-refractivity contribution in [3.05, 3.63) is 253 Å². The molecule has 70 heavy (non-hydrogen) atoms. The lowest BCUT2D eigenvalue weighted by Gasteiger charge is -2.40. The van der Waals surface area contributed by atoms with E-state index in [1.54, 1.807) is 0 Å². The molecule has 4 aliphatic heterocycles. The molecule has 0 aromatic heterocycles. The van der Waals surface area contributed by atoms with Crippen LogP contribution >= 0.6 is 0 Å². The van der Waals surface area contributed by atoms with E-state index < -0.39 is 0 Å². The van der Waals surface area contributed by atoms with Crippen LogP contribution in [0, 0.1) is 0 Å². The highest BCUT2D eigenvalue weighted by Crippen LogP contribution is 2.47. The second-order valence-corrected chi connectivity index (χ2v) is 19.8. The molecule has 0 spiro atoms. The summed E-state index contributed by atoms with van der Waals surface area (Å²) in [5, 5.41) is 16.5. The van der Waals surface area contributed by atoms with E-state index in [0.717, 1.165) is 11.4 Å². The maximum Gasteiger partial charge on any atom is 0.243 e. The smallest absolute Gasteiger partial charge is 0.243 e. The summed E-state index contributed by atoms with van der Waals surface area (Å²) in [4.78, 5) is 0. The first-order valence-corrected chi connectivity index (χ1v) is 24.8. The Kier molecular flexibility index (Phi) is 7.93. The van der Waals surface area contributed by atoms with Crippen molar-refractivity contribution >= 4 is 89.9 Å². The van der Waals surface area contributed by atoms with Crippen LogP contribution < -0.4 is 43.4 Å². The van der Waals surface area contributed by atoms with Crippen molar-refractivity contribution < 1.29 is 0 Å². The van der Waals surface area contributed by atoms with Gasteiger partial charge in [-0.2, -0.15) is 0 Å². The van der Waals surface area contributed by atoms with Crippen LogP contribution in [0.5, 0.6) is 0 Å². The zero-order chi connectivity index (χ0) is 45.6. The van der Waals surface area contributed by atoms with Crippen LogP contribution in [-0.2, 0) is 0 Å². The molecule has 2 nitrogen and oxygen atoms in total. The molecule has 2 N–H and O–H groups in total. The van der Waals surface area contributed by atoms with Crippen LogP contribution in [0.3, 0.4) is 0 Å². The topological polar surface area (TPSA) is 24.1 Å². The molecule has 2 atom stereocenters. The summed E-state index contributed by atoms with van der Waals surface area (Å²) in [5.74, 6) is 0. The molecule has 0 saturated carbocycles. The Morgan fingerprint density at radius 2 is 0.657 bits per heavy atom. The quantitative estimate of drug-likeness (QED) is 0.128. The number of nitrogens with one attached hydrogen (secondary N) is 2. The predicted molar refractivity (Wildman–Crippen MR) is 298 cm³/mol. The Labute approximate surface area is 407 Å². The van der Waals surface area contributed by atoms with E-state index in [1.165, 1.54) is 132 Å². The first-order chi connectivity index (χ1) is 34.8. The largest absolute Gasteiger partial charge is 0.374 e. The first-order valence-electron chi connectivity index (χ1n) is 24.8. The highest BCUT2D eigenvalue weighted by molar-refractivity contribution is 7.01. The van der Waals surface area contributed by atoms with Gasteiger partial charge in [-0.1, -0.05) is 251 Å². The van der Waals surface area contributed by atoms with Crippen LogP contribution in [0.25, 0.3) is 76.8 Å². The Hall–Kier alpha value is -8.59. The third-order valence-electron chi connectivity index (χ3n) is 16.5. The standard InChI is InChI=1S/C66H42B2N2/c1-3-17-39(18-4-1)43-21-9-13-31-57(43)69-65-49-23-7-11-29-53(49)67-55-37-41-34-36-46-48-26-16-28-52-64(48)68(54-30-12-8-24-50(54)66(52)70-58-32-14-10-22-44(58)40-19-5-2-6-20-40)56-38-42-33-35-45(47-25-15-27-51(65)63(47)67)61(55)59(42)60(41)62(46)56/h1-38,65-66,69-70H. The van der Waals surface area contributed by atoms with Crippen molar-refractivity contribution in [2.45, 2.75) is 12.1 Å². The summed E-state index contributed by atoms with van der Waals surface area (Å²) in [6.45, 7) is 0.201. The maximum absolute atomic E-state index is 4.13. The predicted octanol–water partition coefficient (Wildman–Crippen LogP) is 11.9. The number of rotatable bonds is 6. The molecule has 0 bridgehead atoms. The van der Waals surface area contributed by atoms with Gasteiger partial charge in [0.1, 0.15) is 0 Å². The van der Waals surface area contributed by atoms with Crippen molar-refractivity contribution in [2.75, 3.05) is 10.6 Å². The fourth-order valence-electron chi connectivity index (χ4n) is 13.7. The molecule has 0 saturated heterocycles. The van der Waals surface area contributed by atoms with Gasteiger partial charge in [0.2, 0.25) is 13.4 Å². The molecule has 4 heterocycles. The minimum absolute atomic E-state index is 0.0165. The van der Waals surface area contributed by atoms with Crippen LogP contribution in [0.4, 0.5) is 11.4 Å². The van der Waals surface area contributed by atoms with E-state index in [-0.39, 0.29) is 25.5 Å². The molecule has 0 fully saturated rings. The number of anilines is 2. The molecular formula is C66H42B2N2. The van der Waals surface area contributed by atoms with Crippen LogP contribution in [-0.4, -0.2) is 13.4 Å². The summed E-state index contributed by atoms with van der Waals surface area (Å²) in [6.07, 6.45) is 0. The summed E-state index contributed by atoms with van der Waals surface area (Å²) in [7, 11) is 0. The normalized spacial score (nSPS) is 15.4. The van der Waals surface area contributed by atoms with E-state index in [0.29, 0.717) is 0 Å². The summed E-state index contributed by atoms with van der Waals surface area (Å²) >= 11 is 0. The molecule has 12 aromatic carbocycles. The van der Waals surface area contributed by atoms with Gasteiger partial charge in [0.15, 0.2) is 0 Å². The number of benzene rings is 12. The first kappa shape index (κ1) is 38.4. The second-order valence-electron chi connectivity index (χ2n) is 19.8. The molecule has 16 rings (SSSR count). The van der Waals surface area contributed by atoms with Gasteiger partial charge in [-0.15, -0.1) is 0 Å². The van der Waals surface area contributed by atoms with E-state index >= 15 is 0 Å². The highest BCUT2D eigenvalue weighted by atomic mass is 14.9. The minimum atomic E-state index is -0.0165. The SMILES string of the molecule is c1ccc(-c2ccccc2NC2c3ccccc3B3c4c(cccc42)-c2ccc4cc5c6c(ccc7cc3c2c4c76)-c2cccc3c2B5c2ccccc2C3Nc2ccccc2-c2ccccc2)cc1. The van der Waals surface area contributed by atoms with Crippen LogP contribution in [0.2, 0.25) is 0 Å². The van der Waals surface area contributed by atoms with Crippen molar-refractivity contribution in [1.82, 2.24) is 0 Å². The highest BCUT2D eigenvalue weighted by Gasteiger charge is 2.44. The molecule has 4 aliphatic rings. The lowest BCUT2D eigenvalue weighted by Crippen LogP contribution is -2.61. The van der Waals surface area contributed by atoms with Crippen LogP contribution in [0.1, 0.15) is 34.3 Å².